The van der Waals surface area contributed by atoms with Gasteiger partial charge in [0.2, 0.25) is 5.69 Å². The quantitative estimate of drug-likeness (QED) is 0.527. The number of aromatic nitrogens is 1. The smallest absolute Gasteiger partial charge is 0.213 e. The van der Waals surface area contributed by atoms with Gasteiger partial charge in [0.15, 0.2) is 12.7 Å². The average Bonchev–Trinajstić information content (AvgIpc) is 2.74. The summed E-state index contributed by atoms with van der Waals surface area (Å²) in [5.74, 6) is 0. The summed E-state index contributed by atoms with van der Waals surface area (Å²) in [5, 5.41) is 0. The number of benzene rings is 1. The molecule has 0 amide bonds. The summed E-state index contributed by atoms with van der Waals surface area (Å²) in [6, 6.07) is 9.94. The van der Waals surface area contributed by atoms with Crippen molar-refractivity contribution in [1.82, 2.24) is 0 Å². The van der Waals surface area contributed by atoms with Crippen molar-refractivity contribution < 1.29 is 9.36 Å². The molecular weight excluding hydrogens is 212 g/mol. The fourth-order valence-corrected chi connectivity index (χ4v) is 2.32. The van der Waals surface area contributed by atoms with E-state index in [1.165, 1.54) is 5.56 Å². The summed E-state index contributed by atoms with van der Waals surface area (Å²) in [6.45, 7) is 1.41. The standard InChI is InChI=1S/C14H13N2O/c15-6-11-2-4-14-13-5-10(9-17)1-3-12(13)8-16(14)7-11/h1-5,7,9H,6,8,15H2/q+1. The van der Waals surface area contributed by atoms with E-state index in [9.17, 15) is 4.79 Å². The van der Waals surface area contributed by atoms with Crippen LogP contribution in [0.2, 0.25) is 0 Å². The minimum Gasteiger partial charge on any atom is -0.326 e. The van der Waals surface area contributed by atoms with Crippen LogP contribution in [0, 0.1) is 0 Å². The van der Waals surface area contributed by atoms with Gasteiger partial charge in [0.05, 0.1) is 5.56 Å². The molecule has 0 aliphatic carbocycles. The van der Waals surface area contributed by atoms with Crippen molar-refractivity contribution >= 4 is 6.29 Å². The van der Waals surface area contributed by atoms with E-state index < -0.39 is 0 Å². The summed E-state index contributed by atoms with van der Waals surface area (Å²) in [7, 11) is 0. The first-order valence-corrected chi connectivity index (χ1v) is 5.63. The van der Waals surface area contributed by atoms with E-state index in [0.29, 0.717) is 6.54 Å². The number of rotatable bonds is 2. The van der Waals surface area contributed by atoms with Crippen LogP contribution < -0.4 is 10.3 Å². The van der Waals surface area contributed by atoms with Crippen LogP contribution in [0.25, 0.3) is 11.3 Å². The van der Waals surface area contributed by atoms with Crippen LogP contribution in [-0.4, -0.2) is 6.29 Å². The molecule has 0 unspecified atom stereocenters. The molecule has 1 aliphatic rings. The van der Waals surface area contributed by atoms with Gasteiger partial charge in [-0.3, -0.25) is 4.79 Å². The summed E-state index contributed by atoms with van der Waals surface area (Å²) in [6.07, 6.45) is 2.97. The van der Waals surface area contributed by atoms with Gasteiger partial charge in [-0.05, 0) is 12.1 Å². The van der Waals surface area contributed by atoms with Gasteiger partial charge in [0.25, 0.3) is 0 Å². The van der Waals surface area contributed by atoms with Crippen molar-refractivity contribution in [2.24, 2.45) is 5.73 Å². The first-order chi connectivity index (χ1) is 8.31. The molecule has 0 spiro atoms. The van der Waals surface area contributed by atoms with E-state index in [1.54, 1.807) is 0 Å². The van der Waals surface area contributed by atoms with Crippen LogP contribution in [-0.2, 0) is 13.1 Å². The topological polar surface area (TPSA) is 47.0 Å². The summed E-state index contributed by atoms with van der Waals surface area (Å²) in [4.78, 5) is 10.8. The molecule has 3 nitrogen and oxygen atoms in total. The molecule has 0 radical (unpaired) electrons. The van der Waals surface area contributed by atoms with Crippen molar-refractivity contribution in [3.8, 4) is 11.3 Å². The molecular formula is C14H13N2O+. The number of hydrogen-bond acceptors (Lipinski definition) is 2. The number of nitrogens with two attached hydrogens (primary N) is 1. The first-order valence-electron chi connectivity index (χ1n) is 5.63. The number of nitrogens with zero attached hydrogens (tertiary/aromatic N) is 1. The van der Waals surface area contributed by atoms with E-state index >= 15 is 0 Å². The fourth-order valence-electron chi connectivity index (χ4n) is 2.32. The molecule has 2 N–H and O–H groups in total. The van der Waals surface area contributed by atoms with Crippen molar-refractivity contribution in [2.45, 2.75) is 13.1 Å². The second-order valence-electron chi connectivity index (χ2n) is 4.29. The third kappa shape index (κ3) is 1.56. The molecule has 0 saturated carbocycles. The van der Waals surface area contributed by atoms with Crippen LogP contribution in [0.1, 0.15) is 21.5 Å². The largest absolute Gasteiger partial charge is 0.326 e. The molecule has 3 heteroatoms. The summed E-state index contributed by atoms with van der Waals surface area (Å²) >= 11 is 0. The normalized spacial score (nSPS) is 12.1. The van der Waals surface area contributed by atoms with Crippen LogP contribution in [0.4, 0.5) is 0 Å². The van der Waals surface area contributed by atoms with Gasteiger partial charge in [0.1, 0.15) is 6.29 Å². The summed E-state index contributed by atoms with van der Waals surface area (Å²) < 4.78 is 2.18. The SMILES string of the molecule is NCc1ccc2[n+](c1)Cc1ccc(C=O)cc1-2. The summed E-state index contributed by atoms with van der Waals surface area (Å²) in [5.41, 5.74) is 11.0. The van der Waals surface area contributed by atoms with E-state index in [1.807, 2.05) is 24.3 Å². The Morgan fingerprint density at radius 1 is 1.29 bits per heavy atom. The highest BCUT2D eigenvalue weighted by Crippen LogP contribution is 2.27. The maximum absolute atomic E-state index is 10.8. The van der Waals surface area contributed by atoms with Gasteiger partial charge in [-0.1, -0.05) is 12.1 Å². The average molecular weight is 225 g/mol. The Balaban J connectivity index is 2.16. The van der Waals surface area contributed by atoms with Crippen LogP contribution in [0.15, 0.2) is 36.5 Å². The Morgan fingerprint density at radius 2 is 2.18 bits per heavy atom. The van der Waals surface area contributed by atoms with Crippen molar-refractivity contribution in [3.05, 3.63) is 53.2 Å². The van der Waals surface area contributed by atoms with E-state index in [4.69, 9.17) is 5.73 Å². The van der Waals surface area contributed by atoms with Gasteiger partial charge in [0, 0.05) is 29.3 Å². The predicted molar refractivity (Wildman–Crippen MR) is 64.5 cm³/mol. The molecule has 84 valence electrons. The Kier molecular flexibility index (Phi) is 2.27. The zero-order valence-electron chi connectivity index (χ0n) is 9.39. The number of aldehydes is 1. The first kappa shape index (κ1) is 10.2. The van der Waals surface area contributed by atoms with Crippen molar-refractivity contribution in [2.75, 3.05) is 0 Å². The zero-order chi connectivity index (χ0) is 11.8. The molecule has 2 aromatic rings. The Hall–Kier alpha value is -2.00. The van der Waals surface area contributed by atoms with Crippen LogP contribution >= 0.6 is 0 Å². The highest BCUT2D eigenvalue weighted by molar-refractivity contribution is 5.79. The van der Waals surface area contributed by atoms with Gasteiger partial charge in [-0.15, -0.1) is 0 Å². The van der Waals surface area contributed by atoms with E-state index in [2.05, 4.69) is 16.8 Å². The molecule has 1 aromatic heterocycles. The number of carbonyl (C=O) groups excluding carboxylic acids is 1. The van der Waals surface area contributed by atoms with E-state index in [-0.39, 0.29) is 0 Å². The lowest BCUT2D eigenvalue weighted by Gasteiger charge is -1.97. The maximum atomic E-state index is 10.8. The van der Waals surface area contributed by atoms with Gasteiger partial charge < -0.3 is 5.73 Å². The highest BCUT2D eigenvalue weighted by Gasteiger charge is 2.25. The third-order valence-electron chi connectivity index (χ3n) is 3.21. The zero-order valence-corrected chi connectivity index (χ0v) is 9.39. The Labute approximate surface area is 99.5 Å². The van der Waals surface area contributed by atoms with Gasteiger partial charge in [-0.2, -0.15) is 4.57 Å². The monoisotopic (exact) mass is 225 g/mol. The third-order valence-corrected chi connectivity index (χ3v) is 3.21. The molecule has 3 rings (SSSR count). The van der Waals surface area contributed by atoms with Crippen LogP contribution in [0.3, 0.4) is 0 Å². The lowest BCUT2D eigenvalue weighted by atomic mass is 10.0. The molecule has 0 atom stereocenters. The Morgan fingerprint density at radius 3 is 2.94 bits per heavy atom. The molecule has 1 aliphatic heterocycles. The predicted octanol–water partition coefficient (Wildman–Crippen LogP) is 1.27. The number of fused-ring (bicyclic) bond motifs is 3. The second-order valence-corrected chi connectivity index (χ2v) is 4.29. The van der Waals surface area contributed by atoms with Crippen molar-refractivity contribution in [1.29, 1.82) is 0 Å². The highest BCUT2D eigenvalue weighted by atomic mass is 16.1. The molecule has 0 fully saturated rings. The number of hydrogen-bond donors (Lipinski definition) is 1. The van der Waals surface area contributed by atoms with E-state index in [0.717, 1.165) is 35.2 Å². The number of pyridine rings is 1. The van der Waals surface area contributed by atoms with Gasteiger partial charge in [-0.25, -0.2) is 0 Å². The van der Waals surface area contributed by atoms with Crippen LogP contribution in [0.5, 0.6) is 0 Å². The minimum absolute atomic E-state index is 0.552. The lowest BCUT2D eigenvalue weighted by molar-refractivity contribution is -0.672. The fraction of sp³-hybridized carbons (Fsp3) is 0.143. The molecule has 1 aromatic carbocycles. The number of carbonyl (C=O) groups is 1. The maximum Gasteiger partial charge on any atom is 0.213 e. The Bertz CT molecular complexity index is 605. The minimum atomic E-state index is 0.552. The second kappa shape index (κ2) is 3.79. The molecule has 0 bridgehead atoms. The molecule has 2 heterocycles. The molecule has 0 saturated heterocycles. The lowest BCUT2D eigenvalue weighted by Crippen LogP contribution is -2.32. The van der Waals surface area contributed by atoms with Crippen molar-refractivity contribution in [3.63, 3.8) is 0 Å². The van der Waals surface area contributed by atoms with Gasteiger partial charge >= 0.3 is 0 Å². The molecule has 17 heavy (non-hydrogen) atoms.